The minimum absolute atomic E-state index is 0.119. The Morgan fingerprint density at radius 1 is 1.19 bits per heavy atom. The van der Waals surface area contributed by atoms with E-state index in [2.05, 4.69) is 5.32 Å². The van der Waals surface area contributed by atoms with Gasteiger partial charge >= 0.3 is 5.97 Å². The molecule has 0 aliphatic heterocycles. The molecule has 0 aliphatic rings. The Kier molecular flexibility index (Phi) is 4.18. The van der Waals surface area contributed by atoms with Gasteiger partial charge in [0.15, 0.2) is 0 Å². The zero-order valence-electron chi connectivity index (χ0n) is 11.1. The normalized spacial score (nSPS) is 10.0. The van der Waals surface area contributed by atoms with Crippen molar-refractivity contribution in [2.45, 2.75) is 0 Å². The van der Waals surface area contributed by atoms with Crippen LogP contribution in [0.2, 0.25) is 0 Å². The minimum atomic E-state index is -1.21. The Morgan fingerprint density at radius 3 is 2.57 bits per heavy atom. The van der Waals surface area contributed by atoms with Gasteiger partial charge in [0, 0.05) is 0 Å². The third-order valence-electron chi connectivity index (χ3n) is 2.81. The van der Waals surface area contributed by atoms with Crippen LogP contribution in [0.25, 0.3) is 0 Å². The van der Waals surface area contributed by atoms with E-state index >= 15 is 0 Å². The summed E-state index contributed by atoms with van der Waals surface area (Å²) in [5.74, 6) is -2.18. The Morgan fingerprint density at radius 2 is 1.90 bits per heavy atom. The smallest absolute Gasteiger partial charge is 0.335 e. The predicted molar refractivity (Wildman–Crippen MR) is 74.3 cm³/mol. The molecular weight excluding hydrogens is 277 g/mol. The van der Waals surface area contributed by atoms with E-state index in [-0.39, 0.29) is 16.8 Å². The molecular formula is C15H12FNO4. The highest BCUT2D eigenvalue weighted by molar-refractivity contribution is 6.06. The molecule has 2 N–H and O–H groups in total. The second-order valence-electron chi connectivity index (χ2n) is 4.15. The summed E-state index contributed by atoms with van der Waals surface area (Å²) in [5.41, 5.74) is -0.0994. The number of anilines is 1. The maximum Gasteiger partial charge on any atom is 0.335 e. The van der Waals surface area contributed by atoms with Crippen molar-refractivity contribution >= 4 is 17.6 Å². The number of carbonyl (C=O) groups is 2. The van der Waals surface area contributed by atoms with Crippen LogP contribution in [0.5, 0.6) is 5.75 Å². The third kappa shape index (κ3) is 3.17. The number of para-hydroxylation sites is 1. The molecule has 108 valence electrons. The monoisotopic (exact) mass is 289 g/mol. The highest BCUT2D eigenvalue weighted by Crippen LogP contribution is 2.21. The number of benzene rings is 2. The zero-order valence-corrected chi connectivity index (χ0v) is 11.1. The van der Waals surface area contributed by atoms with Gasteiger partial charge in [-0.1, -0.05) is 12.1 Å². The summed E-state index contributed by atoms with van der Waals surface area (Å²) in [6.45, 7) is 0. The van der Waals surface area contributed by atoms with Gasteiger partial charge in [-0.15, -0.1) is 0 Å². The zero-order chi connectivity index (χ0) is 15.4. The first-order chi connectivity index (χ1) is 10.0. The lowest BCUT2D eigenvalue weighted by atomic mass is 10.1. The van der Waals surface area contributed by atoms with E-state index in [0.717, 1.165) is 18.2 Å². The molecule has 0 aromatic heterocycles. The molecule has 0 atom stereocenters. The van der Waals surface area contributed by atoms with Gasteiger partial charge in [-0.25, -0.2) is 9.18 Å². The van der Waals surface area contributed by atoms with Crippen molar-refractivity contribution in [1.82, 2.24) is 0 Å². The Balaban J connectivity index is 2.31. The summed E-state index contributed by atoms with van der Waals surface area (Å²) in [6, 6.07) is 9.62. The van der Waals surface area contributed by atoms with Crippen LogP contribution in [-0.2, 0) is 0 Å². The third-order valence-corrected chi connectivity index (χ3v) is 2.81. The Hall–Kier alpha value is -2.89. The minimum Gasteiger partial charge on any atom is -0.496 e. The molecule has 0 radical (unpaired) electrons. The molecule has 1 amide bonds. The summed E-state index contributed by atoms with van der Waals surface area (Å²) < 4.78 is 18.7. The van der Waals surface area contributed by atoms with Crippen LogP contribution in [0.4, 0.5) is 10.1 Å². The highest BCUT2D eigenvalue weighted by Gasteiger charge is 2.15. The van der Waals surface area contributed by atoms with Gasteiger partial charge in [-0.2, -0.15) is 0 Å². The average Bonchev–Trinajstić information content (AvgIpc) is 2.49. The first-order valence-electron chi connectivity index (χ1n) is 6.00. The van der Waals surface area contributed by atoms with Gasteiger partial charge in [0.05, 0.1) is 23.9 Å². The largest absolute Gasteiger partial charge is 0.496 e. The van der Waals surface area contributed by atoms with Crippen molar-refractivity contribution in [3.8, 4) is 5.75 Å². The van der Waals surface area contributed by atoms with Gasteiger partial charge in [0.25, 0.3) is 5.91 Å². The van der Waals surface area contributed by atoms with Crippen LogP contribution in [-0.4, -0.2) is 24.1 Å². The number of ether oxygens (including phenoxy) is 1. The number of amides is 1. The average molecular weight is 289 g/mol. The number of hydrogen-bond donors (Lipinski definition) is 2. The van der Waals surface area contributed by atoms with E-state index in [1.54, 1.807) is 18.2 Å². The summed E-state index contributed by atoms with van der Waals surface area (Å²) in [7, 11) is 1.41. The number of carboxylic acids is 1. The van der Waals surface area contributed by atoms with Crippen LogP contribution in [0, 0.1) is 5.82 Å². The predicted octanol–water partition coefficient (Wildman–Crippen LogP) is 2.78. The molecule has 6 heteroatoms. The second-order valence-corrected chi connectivity index (χ2v) is 4.15. The summed E-state index contributed by atoms with van der Waals surface area (Å²) in [5, 5.41) is 11.2. The Bertz CT molecular complexity index is 700. The lowest BCUT2D eigenvalue weighted by molar-refractivity contribution is 0.0696. The number of nitrogens with one attached hydrogen (secondary N) is 1. The molecule has 0 fully saturated rings. The number of aromatic carboxylic acids is 1. The van der Waals surface area contributed by atoms with Crippen molar-refractivity contribution in [2.75, 3.05) is 12.4 Å². The van der Waals surface area contributed by atoms with Crippen LogP contribution >= 0.6 is 0 Å². The maximum atomic E-state index is 13.7. The number of hydrogen-bond acceptors (Lipinski definition) is 3. The van der Waals surface area contributed by atoms with Gasteiger partial charge in [0.2, 0.25) is 0 Å². The lowest BCUT2D eigenvalue weighted by Crippen LogP contribution is -2.14. The van der Waals surface area contributed by atoms with Gasteiger partial charge in [0.1, 0.15) is 11.6 Å². The molecule has 0 saturated heterocycles. The summed E-state index contributed by atoms with van der Waals surface area (Å²) in [4.78, 5) is 23.0. The standard InChI is InChI=1S/C15H12FNO4/c1-21-13-5-3-2-4-10(13)14(18)17-12-8-9(15(19)20)6-7-11(12)16/h2-8H,1H3,(H,17,18)(H,19,20). The number of rotatable bonds is 4. The van der Waals surface area contributed by atoms with Crippen LogP contribution in [0.15, 0.2) is 42.5 Å². The second kappa shape index (κ2) is 6.04. The van der Waals surface area contributed by atoms with E-state index in [0.29, 0.717) is 5.75 Å². The van der Waals surface area contributed by atoms with E-state index in [1.165, 1.54) is 13.2 Å². The van der Waals surface area contributed by atoms with Crippen molar-refractivity contribution in [2.24, 2.45) is 0 Å². The molecule has 2 aromatic carbocycles. The van der Waals surface area contributed by atoms with Crippen molar-refractivity contribution < 1.29 is 23.8 Å². The van der Waals surface area contributed by atoms with Crippen LogP contribution < -0.4 is 10.1 Å². The van der Waals surface area contributed by atoms with Crippen molar-refractivity contribution in [3.63, 3.8) is 0 Å². The first kappa shape index (κ1) is 14.5. The molecule has 0 spiro atoms. The highest BCUT2D eigenvalue weighted by atomic mass is 19.1. The van der Waals surface area contributed by atoms with Gasteiger partial charge in [-0.3, -0.25) is 4.79 Å². The number of carbonyl (C=O) groups excluding carboxylic acids is 1. The first-order valence-corrected chi connectivity index (χ1v) is 6.00. The topological polar surface area (TPSA) is 75.6 Å². The molecule has 0 saturated carbocycles. The quantitative estimate of drug-likeness (QED) is 0.907. The fourth-order valence-electron chi connectivity index (χ4n) is 1.78. The van der Waals surface area contributed by atoms with Gasteiger partial charge in [-0.05, 0) is 30.3 Å². The summed E-state index contributed by atoms with van der Waals surface area (Å²) in [6.07, 6.45) is 0. The molecule has 0 bridgehead atoms. The number of carboxylic acid groups (broad SMARTS) is 1. The summed E-state index contributed by atoms with van der Waals surface area (Å²) >= 11 is 0. The molecule has 5 nitrogen and oxygen atoms in total. The molecule has 0 heterocycles. The van der Waals surface area contributed by atoms with E-state index in [1.807, 2.05) is 0 Å². The molecule has 0 unspecified atom stereocenters. The van der Waals surface area contributed by atoms with Crippen molar-refractivity contribution in [1.29, 1.82) is 0 Å². The maximum absolute atomic E-state index is 13.7. The fourth-order valence-corrected chi connectivity index (χ4v) is 1.78. The van der Waals surface area contributed by atoms with Crippen LogP contribution in [0.3, 0.4) is 0 Å². The molecule has 2 rings (SSSR count). The van der Waals surface area contributed by atoms with Crippen molar-refractivity contribution in [3.05, 3.63) is 59.4 Å². The lowest BCUT2D eigenvalue weighted by Gasteiger charge is -2.10. The molecule has 2 aromatic rings. The molecule has 0 aliphatic carbocycles. The van der Waals surface area contributed by atoms with E-state index in [9.17, 15) is 14.0 Å². The fraction of sp³-hybridized carbons (Fsp3) is 0.0667. The number of methoxy groups -OCH3 is 1. The van der Waals surface area contributed by atoms with E-state index < -0.39 is 17.7 Å². The van der Waals surface area contributed by atoms with Crippen LogP contribution in [0.1, 0.15) is 20.7 Å². The Labute approximate surface area is 120 Å². The van der Waals surface area contributed by atoms with Gasteiger partial charge < -0.3 is 15.2 Å². The molecule has 21 heavy (non-hydrogen) atoms. The number of halogens is 1. The SMILES string of the molecule is COc1ccccc1C(=O)Nc1cc(C(=O)O)ccc1F. The van der Waals surface area contributed by atoms with E-state index in [4.69, 9.17) is 9.84 Å².